The number of aromatic nitrogens is 3. The number of nitrogens with zero attached hydrogens (tertiary/aromatic N) is 3. The van der Waals surface area contributed by atoms with Gasteiger partial charge >= 0.3 is 5.69 Å². The van der Waals surface area contributed by atoms with Gasteiger partial charge in [0.15, 0.2) is 0 Å². The van der Waals surface area contributed by atoms with Crippen molar-refractivity contribution in [3.8, 4) is 22.8 Å². The summed E-state index contributed by atoms with van der Waals surface area (Å²) in [5.74, 6) is 1.48. The molecule has 0 amide bonds. The molecule has 4 aromatic rings. The Morgan fingerprint density at radius 1 is 0.879 bits per heavy atom. The maximum absolute atomic E-state index is 13.4. The molecule has 0 bridgehead atoms. The van der Waals surface area contributed by atoms with E-state index in [0.717, 1.165) is 38.6 Å². The minimum atomic E-state index is -0.433. The smallest absolute Gasteiger partial charge is 0.331 e. The van der Waals surface area contributed by atoms with Crippen molar-refractivity contribution in [3.05, 3.63) is 80.6 Å². The average molecular weight is 447 g/mol. The molecule has 0 aliphatic carbocycles. The maximum atomic E-state index is 13.4. The largest absolute Gasteiger partial charge is 0.497 e. The predicted octanol–water partition coefficient (Wildman–Crippen LogP) is 2.84. The molecule has 5 rings (SSSR count). The van der Waals surface area contributed by atoms with Gasteiger partial charge in [-0.2, -0.15) is 0 Å². The highest BCUT2D eigenvalue weighted by atomic mass is 16.5. The van der Waals surface area contributed by atoms with Gasteiger partial charge in [-0.3, -0.25) is 13.9 Å². The summed E-state index contributed by atoms with van der Waals surface area (Å²) >= 11 is 0. The van der Waals surface area contributed by atoms with Crippen molar-refractivity contribution in [2.75, 3.05) is 20.8 Å². The average Bonchev–Trinajstić information content (AvgIpc) is 3.22. The molecule has 0 N–H and O–H groups in total. The number of aryl methyl sites for hydroxylation is 1. The Bertz CT molecular complexity index is 1460. The third kappa shape index (κ3) is 3.17. The van der Waals surface area contributed by atoms with E-state index in [2.05, 4.69) is 4.57 Å². The van der Waals surface area contributed by atoms with Crippen molar-refractivity contribution in [2.45, 2.75) is 12.6 Å². The van der Waals surface area contributed by atoms with Crippen molar-refractivity contribution in [1.29, 1.82) is 0 Å². The van der Waals surface area contributed by atoms with Gasteiger partial charge in [0.1, 0.15) is 17.6 Å². The molecular formula is C25H25N3O5. The molecule has 0 saturated heterocycles. The molecule has 2 aromatic carbocycles. The summed E-state index contributed by atoms with van der Waals surface area (Å²) in [6.07, 6.45) is -0.433. The number of methoxy groups -OCH3 is 2. The van der Waals surface area contributed by atoms with Gasteiger partial charge in [0.25, 0.3) is 5.56 Å². The van der Waals surface area contributed by atoms with E-state index in [4.69, 9.17) is 14.2 Å². The van der Waals surface area contributed by atoms with Crippen molar-refractivity contribution < 1.29 is 14.2 Å². The van der Waals surface area contributed by atoms with Crippen LogP contribution in [0.15, 0.2) is 58.1 Å². The van der Waals surface area contributed by atoms with Crippen LogP contribution in [0.3, 0.4) is 0 Å². The molecule has 33 heavy (non-hydrogen) atoms. The van der Waals surface area contributed by atoms with Crippen LogP contribution in [-0.4, -0.2) is 34.5 Å². The van der Waals surface area contributed by atoms with Crippen molar-refractivity contribution >= 4 is 10.9 Å². The summed E-state index contributed by atoms with van der Waals surface area (Å²) in [5, 5.41) is 0.503. The minimum absolute atomic E-state index is 0.325. The van der Waals surface area contributed by atoms with Crippen LogP contribution < -0.4 is 20.7 Å². The summed E-state index contributed by atoms with van der Waals surface area (Å²) < 4.78 is 21.6. The molecule has 8 nitrogen and oxygen atoms in total. The minimum Gasteiger partial charge on any atom is -0.497 e. The van der Waals surface area contributed by atoms with Crippen molar-refractivity contribution in [3.63, 3.8) is 0 Å². The number of ether oxygens (including phenoxy) is 3. The second kappa shape index (κ2) is 7.97. The van der Waals surface area contributed by atoms with E-state index >= 15 is 0 Å². The van der Waals surface area contributed by atoms with Crippen LogP contribution in [-0.2, 0) is 25.4 Å². The molecule has 3 heterocycles. The normalized spacial score (nSPS) is 15.5. The first-order valence-corrected chi connectivity index (χ1v) is 10.7. The Labute approximate surface area is 190 Å². The topological polar surface area (TPSA) is 76.6 Å². The Morgan fingerprint density at radius 3 is 2.09 bits per heavy atom. The zero-order valence-corrected chi connectivity index (χ0v) is 19.0. The summed E-state index contributed by atoms with van der Waals surface area (Å²) in [6.45, 7) is 1.04. The van der Waals surface area contributed by atoms with E-state index in [1.54, 1.807) is 25.8 Å². The van der Waals surface area contributed by atoms with E-state index in [9.17, 15) is 9.59 Å². The van der Waals surface area contributed by atoms with Gasteiger partial charge in [-0.05, 0) is 47.5 Å². The molecule has 170 valence electrons. The van der Waals surface area contributed by atoms with Crippen molar-refractivity contribution in [2.24, 2.45) is 14.1 Å². The van der Waals surface area contributed by atoms with Gasteiger partial charge in [-0.1, -0.05) is 12.1 Å². The van der Waals surface area contributed by atoms with Crippen molar-refractivity contribution in [1.82, 2.24) is 13.7 Å². The van der Waals surface area contributed by atoms with E-state index in [0.29, 0.717) is 24.1 Å². The lowest BCUT2D eigenvalue weighted by Crippen LogP contribution is -2.37. The van der Waals surface area contributed by atoms with Gasteiger partial charge in [0.2, 0.25) is 0 Å². The zero-order chi connectivity index (χ0) is 23.3. The Morgan fingerprint density at radius 2 is 1.48 bits per heavy atom. The van der Waals surface area contributed by atoms with Crippen LogP contribution in [0.25, 0.3) is 22.2 Å². The van der Waals surface area contributed by atoms with Crippen LogP contribution in [0.5, 0.6) is 11.5 Å². The fraction of sp³-hybridized carbons (Fsp3) is 0.280. The molecule has 0 saturated carbocycles. The van der Waals surface area contributed by atoms with Crippen LogP contribution in [0.2, 0.25) is 0 Å². The Balaban J connectivity index is 1.87. The molecular weight excluding hydrogens is 422 g/mol. The maximum Gasteiger partial charge on any atom is 0.331 e. The highest BCUT2D eigenvalue weighted by molar-refractivity contribution is 5.96. The second-order valence-electron chi connectivity index (χ2n) is 8.07. The highest BCUT2D eigenvalue weighted by Gasteiger charge is 2.33. The molecule has 1 aliphatic heterocycles. The molecule has 0 radical (unpaired) electrons. The van der Waals surface area contributed by atoms with E-state index in [-0.39, 0.29) is 11.2 Å². The first-order chi connectivity index (χ1) is 16.0. The van der Waals surface area contributed by atoms with E-state index in [1.165, 1.54) is 7.05 Å². The van der Waals surface area contributed by atoms with Gasteiger partial charge in [-0.15, -0.1) is 0 Å². The quantitative estimate of drug-likeness (QED) is 0.481. The zero-order valence-electron chi connectivity index (χ0n) is 19.0. The predicted molar refractivity (Wildman–Crippen MR) is 125 cm³/mol. The summed E-state index contributed by atoms with van der Waals surface area (Å²) in [4.78, 5) is 26.3. The second-order valence-corrected chi connectivity index (χ2v) is 8.07. The summed E-state index contributed by atoms with van der Waals surface area (Å²) in [7, 11) is 6.45. The first-order valence-electron chi connectivity index (χ1n) is 10.7. The van der Waals surface area contributed by atoms with E-state index in [1.807, 2.05) is 48.5 Å². The number of benzene rings is 2. The summed E-state index contributed by atoms with van der Waals surface area (Å²) in [5.41, 5.74) is 3.26. The van der Waals surface area contributed by atoms with Gasteiger partial charge < -0.3 is 18.8 Å². The third-order valence-electron chi connectivity index (χ3n) is 6.33. The SMILES string of the molecule is COc1ccc(-c2c3c(=O)n(C)c(=O)n(C)c3c3n2CCO[C@@H]3c2ccc(OC)cc2)cc1. The number of rotatable bonds is 4. The van der Waals surface area contributed by atoms with Crippen LogP contribution in [0.1, 0.15) is 17.4 Å². The monoisotopic (exact) mass is 447 g/mol. The number of hydrogen-bond acceptors (Lipinski definition) is 5. The van der Waals surface area contributed by atoms with Gasteiger partial charge in [-0.25, -0.2) is 4.79 Å². The molecule has 1 aliphatic rings. The molecule has 2 aromatic heterocycles. The lowest BCUT2D eigenvalue weighted by molar-refractivity contribution is 0.0478. The third-order valence-corrected chi connectivity index (χ3v) is 6.33. The van der Waals surface area contributed by atoms with Crippen LogP contribution >= 0.6 is 0 Å². The molecule has 1 atom stereocenters. The molecule has 0 fully saturated rings. The number of hydrogen-bond donors (Lipinski definition) is 0. The lowest BCUT2D eigenvalue weighted by atomic mass is 10.0. The summed E-state index contributed by atoms with van der Waals surface area (Å²) in [6, 6.07) is 15.3. The molecule has 8 heteroatoms. The standard InChI is InChI=1S/C25H25N3O5/c1-26-21-19(24(29)27(2)25(26)30)20(15-5-9-17(31-3)10-6-15)28-13-14-33-23(22(21)28)16-7-11-18(32-4)12-8-16/h5-12,23H,13-14H2,1-4H3/t23-/m1/s1. The first kappa shape index (κ1) is 21.1. The van der Waals surface area contributed by atoms with Gasteiger partial charge in [0, 0.05) is 20.6 Å². The van der Waals surface area contributed by atoms with Crippen LogP contribution in [0.4, 0.5) is 0 Å². The lowest BCUT2D eigenvalue weighted by Gasteiger charge is -2.28. The Hall–Kier alpha value is -3.78. The van der Waals surface area contributed by atoms with Crippen LogP contribution in [0, 0.1) is 0 Å². The fourth-order valence-corrected chi connectivity index (χ4v) is 4.66. The fourth-order valence-electron chi connectivity index (χ4n) is 4.66. The number of fused-ring (bicyclic) bond motifs is 3. The highest BCUT2D eigenvalue weighted by Crippen LogP contribution is 2.41. The molecule has 0 spiro atoms. The van der Waals surface area contributed by atoms with E-state index < -0.39 is 6.10 Å². The van der Waals surface area contributed by atoms with Gasteiger partial charge in [0.05, 0.1) is 43.1 Å². The Kier molecular flexibility index (Phi) is 5.09. The molecule has 0 unspecified atom stereocenters.